The van der Waals surface area contributed by atoms with Gasteiger partial charge in [-0.1, -0.05) is 130 Å². The van der Waals surface area contributed by atoms with Gasteiger partial charge in [0.1, 0.15) is 6.10 Å². The molecule has 0 unspecified atom stereocenters. The number of carbonyl (C=O) groups is 2. The standard InChI is InChI=1S/C39H77NO5/c1-4-7-10-13-20-27-36-44-38(42)30-23-16-14-18-25-32-40(34-35-41)33-26-19-15-17-24-31-39(43)45-37(28-21-11-8-5-2)29-22-12-9-6-3/h37,41H,4-36H2,1-3H3. The van der Waals surface area contributed by atoms with Gasteiger partial charge in [-0.05, 0) is 70.9 Å². The molecule has 6 nitrogen and oxygen atoms in total. The first-order valence-electron chi connectivity index (χ1n) is 19.8. The van der Waals surface area contributed by atoms with E-state index in [4.69, 9.17) is 9.47 Å². The van der Waals surface area contributed by atoms with Crippen LogP contribution in [0.25, 0.3) is 0 Å². The van der Waals surface area contributed by atoms with Gasteiger partial charge in [-0.3, -0.25) is 9.59 Å². The van der Waals surface area contributed by atoms with Gasteiger partial charge in [-0.15, -0.1) is 0 Å². The van der Waals surface area contributed by atoms with Gasteiger partial charge in [-0.2, -0.15) is 0 Å². The molecule has 0 radical (unpaired) electrons. The lowest BCUT2D eigenvalue weighted by Gasteiger charge is -2.21. The van der Waals surface area contributed by atoms with E-state index in [1.54, 1.807) is 0 Å². The van der Waals surface area contributed by atoms with Gasteiger partial charge >= 0.3 is 11.9 Å². The number of aliphatic hydroxyl groups is 1. The second kappa shape index (κ2) is 35.7. The molecule has 1 N–H and O–H groups in total. The van der Waals surface area contributed by atoms with E-state index < -0.39 is 0 Å². The van der Waals surface area contributed by atoms with E-state index in [9.17, 15) is 14.7 Å². The van der Waals surface area contributed by atoms with Crippen molar-refractivity contribution in [2.24, 2.45) is 0 Å². The van der Waals surface area contributed by atoms with Crippen molar-refractivity contribution in [2.75, 3.05) is 32.8 Å². The first-order chi connectivity index (χ1) is 22.1. The molecule has 0 aromatic carbocycles. The molecular formula is C39H77NO5. The van der Waals surface area contributed by atoms with E-state index in [2.05, 4.69) is 25.7 Å². The fourth-order valence-electron chi connectivity index (χ4n) is 5.99. The topological polar surface area (TPSA) is 76.1 Å². The number of hydrogen-bond acceptors (Lipinski definition) is 6. The number of nitrogens with zero attached hydrogens (tertiary/aromatic N) is 1. The maximum atomic E-state index is 12.5. The molecule has 6 heteroatoms. The van der Waals surface area contributed by atoms with Gasteiger partial charge in [0.05, 0.1) is 13.2 Å². The Morgan fingerprint density at radius 3 is 1.44 bits per heavy atom. The summed E-state index contributed by atoms with van der Waals surface area (Å²) in [7, 11) is 0. The molecule has 0 aromatic rings. The third-order valence-corrected chi connectivity index (χ3v) is 8.95. The summed E-state index contributed by atoms with van der Waals surface area (Å²) in [6.07, 6.45) is 31.3. The van der Waals surface area contributed by atoms with Crippen LogP contribution < -0.4 is 0 Å². The molecule has 0 rings (SSSR count). The second-order valence-electron chi connectivity index (χ2n) is 13.4. The van der Waals surface area contributed by atoms with E-state index >= 15 is 0 Å². The predicted molar refractivity (Wildman–Crippen MR) is 191 cm³/mol. The van der Waals surface area contributed by atoms with E-state index in [0.717, 1.165) is 96.7 Å². The lowest BCUT2D eigenvalue weighted by molar-refractivity contribution is -0.150. The van der Waals surface area contributed by atoms with E-state index in [-0.39, 0.29) is 24.6 Å². The Labute approximate surface area is 280 Å². The number of hydrogen-bond donors (Lipinski definition) is 1. The van der Waals surface area contributed by atoms with Crippen molar-refractivity contribution < 1.29 is 24.2 Å². The van der Waals surface area contributed by atoms with Gasteiger partial charge < -0.3 is 19.5 Å². The maximum absolute atomic E-state index is 12.5. The molecular weight excluding hydrogens is 562 g/mol. The summed E-state index contributed by atoms with van der Waals surface area (Å²) in [6, 6.07) is 0. The highest BCUT2D eigenvalue weighted by atomic mass is 16.5. The zero-order valence-electron chi connectivity index (χ0n) is 30.4. The Morgan fingerprint density at radius 2 is 0.933 bits per heavy atom. The number of aliphatic hydroxyl groups excluding tert-OH is 1. The molecule has 0 fully saturated rings. The highest BCUT2D eigenvalue weighted by Crippen LogP contribution is 2.17. The van der Waals surface area contributed by atoms with Crippen LogP contribution in [0.5, 0.6) is 0 Å². The third-order valence-electron chi connectivity index (χ3n) is 8.95. The number of esters is 2. The molecule has 0 aliphatic carbocycles. The van der Waals surface area contributed by atoms with Crippen LogP contribution in [-0.4, -0.2) is 60.9 Å². The molecule has 268 valence electrons. The minimum atomic E-state index is -0.0346. The molecule has 0 aromatic heterocycles. The lowest BCUT2D eigenvalue weighted by atomic mass is 10.0. The zero-order valence-corrected chi connectivity index (χ0v) is 30.4. The summed E-state index contributed by atoms with van der Waals surface area (Å²) in [5.74, 6) is -0.0314. The predicted octanol–water partition coefficient (Wildman–Crippen LogP) is 10.7. The molecule has 0 aliphatic rings. The monoisotopic (exact) mass is 640 g/mol. The molecule has 0 spiro atoms. The number of ether oxygens (including phenoxy) is 2. The van der Waals surface area contributed by atoms with Crippen molar-refractivity contribution in [1.29, 1.82) is 0 Å². The Hall–Kier alpha value is -1.14. The average Bonchev–Trinajstić information content (AvgIpc) is 3.03. The normalized spacial score (nSPS) is 11.5. The van der Waals surface area contributed by atoms with Crippen molar-refractivity contribution in [3.8, 4) is 0 Å². The van der Waals surface area contributed by atoms with E-state index in [1.165, 1.54) is 89.9 Å². The number of unbranched alkanes of at least 4 members (excludes halogenated alkanes) is 19. The van der Waals surface area contributed by atoms with Gasteiger partial charge in [-0.25, -0.2) is 0 Å². The van der Waals surface area contributed by atoms with Crippen molar-refractivity contribution >= 4 is 11.9 Å². The molecule has 0 atom stereocenters. The highest BCUT2D eigenvalue weighted by Gasteiger charge is 2.14. The minimum Gasteiger partial charge on any atom is -0.466 e. The van der Waals surface area contributed by atoms with Crippen LogP contribution in [0, 0.1) is 0 Å². The largest absolute Gasteiger partial charge is 0.466 e. The fourth-order valence-corrected chi connectivity index (χ4v) is 5.99. The van der Waals surface area contributed by atoms with Gasteiger partial charge in [0.15, 0.2) is 0 Å². The summed E-state index contributed by atoms with van der Waals surface area (Å²) in [4.78, 5) is 26.8. The highest BCUT2D eigenvalue weighted by molar-refractivity contribution is 5.69. The number of rotatable bonds is 36. The Morgan fingerprint density at radius 1 is 0.511 bits per heavy atom. The van der Waals surface area contributed by atoms with Gasteiger partial charge in [0.2, 0.25) is 0 Å². The van der Waals surface area contributed by atoms with Crippen molar-refractivity contribution in [2.45, 2.75) is 207 Å². The quantitative estimate of drug-likeness (QED) is 0.0543. The summed E-state index contributed by atoms with van der Waals surface area (Å²) < 4.78 is 11.3. The van der Waals surface area contributed by atoms with E-state index in [1.807, 2.05) is 0 Å². The second-order valence-corrected chi connectivity index (χ2v) is 13.4. The van der Waals surface area contributed by atoms with Crippen molar-refractivity contribution in [3.05, 3.63) is 0 Å². The molecule has 0 saturated carbocycles. The minimum absolute atomic E-state index is 0.00327. The van der Waals surface area contributed by atoms with Crippen LogP contribution >= 0.6 is 0 Å². The zero-order chi connectivity index (χ0) is 33.1. The Balaban J connectivity index is 3.85. The van der Waals surface area contributed by atoms with Crippen LogP contribution in [0.1, 0.15) is 201 Å². The fraction of sp³-hybridized carbons (Fsp3) is 0.949. The summed E-state index contributed by atoms with van der Waals surface area (Å²) in [5.41, 5.74) is 0. The molecule has 0 aliphatic heterocycles. The van der Waals surface area contributed by atoms with Crippen molar-refractivity contribution in [1.82, 2.24) is 4.90 Å². The first kappa shape index (κ1) is 43.9. The van der Waals surface area contributed by atoms with Crippen molar-refractivity contribution in [3.63, 3.8) is 0 Å². The summed E-state index contributed by atoms with van der Waals surface area (Å²) >= 11 is 0. The van der Waals surface area contributed by atoms with Crippen LogP contribution in [0.2, 0.25) is 0 Å². The lowest BCUT2D eigenvalue weighted by Crippen LogP contribution is -2.29. The van der Waals surface area contributed by atoms with Crippen LogP contribution in [-0.2, 0) is 19.1 Å². The molecule has 0 heterocycles. The summed E-state index contributed by atoms with van der Waals surface area (Å²) in [6.45, 7) is 10.3. The van der Waals surface area contributed by atoms with Crippen LogP contribution in [0.4, 0.5) is 0 Å². The first-order valence-corrected chi connectivity index (χ1v) is 19.8. The molecule has 0 amide bonds. The van der Waals surface area contributed by atoms with E-state index in [0.29, 0.717) is 19.4 Å². The molecule has 45 heavy (non-hydrogen) atoms. The summed E-state index contributed by atoms with van der Waals surface area (Å²) in [5, 5.41) is 9.49. The number of carbonyl (C=O) groups excluding carboxylic acids is 2. The Kier molecular flexibility index (Phi) is 34.8. The van der Waals surface area contributed by atoms with Crippen LogP contribution in [0.15, 0.2) is 0 Å². The van der Waals surface area contributed by atoms with Gasteiger partial charge in [0.25, 0.3) is 0 Å². The molecule has 0 saturated heterocycles. The Bertz CT molecular complexity index is 617. The van der Waals surface area contributed by atoms with Crippen LogP contribution in [0.3, 0.4) is 0 Å². The smallest absolute Gasteiger partial charge is 0.306 e. The third kappa shape index (κ3) is 32.6. The van der Waals surface area contributed by atoms with Gasteiger partial charge in [0, 0.05) is 19.4 Å². The average molecular weight is 640 g/mol. The SMILES string of the molecule is CCCCCCCCOC(=O)CCCCCCCN(CCO)CCCCCCCC(=O)OC(CCCCCC)CCCCCC. The molecule has 0 bridgehead atoms. The maximum Gasteiger partial charge on any atom is 0.306 e.